The number of rotatable bonds is 3. The second-order valence-corrected chi connectivity index (χ2v) is 5.16. The van der Waals surface area contributed by atoms with Crippen molar-refractivity contribution in [2.24, 2.45) is 11.8 Å². The van der Waals surface area contributed by atoms with Crippen LogP contribution in [0.4, 0.5) is 23.2 Å². The van der Waals surface area contributed by atoms with Gasteiger partial charge in [-0.3, -0.25) is 0 Å². The van der Waals surface area contributed by atoms with Crippen molar-refractivity contribution in [2.75, 3.05) is 5.32 Å². The molecule has 1 fully saturated rings. The lowest BCUT2D eigenvalue weighted by Crippen LogP contribution is -2.38. The van der Waals surface area contributed by atoms with Crippen molar-refractivity contribution in [3.05, 3.63) is 29.3 Å². The molecule has 1 aliphatic carbocycles. The van der Waals surface area contributed by atoms with Gasteiger partial charge in [0.25, 0.3) is 0 Å². The second-order valence-electron chi connectivity index (χ2n) is 5.16. The molecule has 1 saturated carbocycles. The van der Waals surface area contributed by atoms with Crippen molar-refractivity contribution in [1.82, 2.24) is 0 Å². The first-order chi connectivity index (χ1) is 8.40. The average molecular weight is 261 g/mol. The fraction of sp³-hybridized carbons (Fsp3) is 0.538. The lowest BCUT2D eigenvalue weighted by molar-refractivity contribution is 0.211. The second kappa shape index (κ2) is 4.78. The van der Waals surface area contributed by atoms with E-state index in [-0.39, 0.29) is 12.1 Å². The van der Waals surface area contributed by atoms with E-state index in [1.165, 1.54) is 0 Å². The van der Waals surface area contributed by atoms with Crippen LogP contribution in [0.5, 0.6) is 0 Å². The van der Waals surface area contributed by atoms with Crippen LogP contribution >= 0.6 is 0 Å². The molecule has 0 saturated heterocycles. The Morgan fingerprint density at radius 2 is 1.56 bits per heavy atom. The number of halogens is 4. The van der Waals surface area contributed by atoms with E-state index in [4.69, 9.17) is 0 Å². The average Bonchev–Trinajstić information content (AvgIpc) is 2.23. The summed E-state index contributed by atoms with van der Waals surface area (Å²) in [6, 6.07) is 0.0932. The summed E-state index contributed by atoms with van der Waals surface area (Å²) in [4.78, 5) is 0. The minimum Gasteiger partial charge on any atom is -0.377 e. The molecule has 0 aromatic heterocycles. The molecule has 0 bridgehead atoms. The summed E-state index contributed by atoms with van der Waals surface area (Å²) in [6.45, 7) is 4.15. The molecule has 0 radical (unpaired) electrons. The maximum Gasteiger partial charge on any atom is 0.185 e. The van der Waals surface area contributed by atoms with Gasteiger partial charge >= 0.3 is 0 Å². The number of anilines is 1. The molecule has 1 aliphatic rings. The highest BCUT2D eigenvalue weighted by Crippen LogP contribution is 2.36. The van der Waals surface area contributed by atoms with Gasteiger partial charge in [0.15, 0.2) is 23.3 Å². The number of hydrogen-bond donors (Lipinski definition) is 1. The van der Waals surface area contributed by atoms with Gasteiger partial charge in [0.1, 0.15) is 5.69 Å². The van der Waals surface area contributed by atoms with Crippen molar-refractivity contribution in [3.8, 4) is 0 Å². The minimum atomic E-state index is -1.38. The predicted octanol–water partition coefficient (Wildman–Crippen LogP) is 4.09. The third-order valence-corrected chi connectivity index (χ3v) is 3.58. The van der Waals surface area contributed by atoms with Gasteiger partial charge in [0, 0.05) is 12.1 Å². The predicted molar refractivity (Wildman–Crippen MR) is 61.2 cm³/mol. The third kappa shape index (κ3) is 2.31. The van der Waals surface area contributed by atoms with Crippen LogP contribution in [0.25, 0.3) is 0 Å². The maximum absolute atomic E-state index is 13.4. The Kier molecular flexibility index (Phi) is 3.50. The van der Waals surface area contributed by atoms with Crippen LogP contribution < -0.4 is 5.32 Å². The molecule has 0 aliphatic heterocycles. The van der Waals surface area contributed by atoms with Crippen LogP contribution in [0.1, 0.15) is 26.7 Å². The first-order valence-electron chi connectivity index (χ1n) is 5.99. The van der Waals surface area contributed by atoms with Crippen molar-refractivity contribution in [1.29, 1.82) is 0 Å². The van der Waals surface area contributed by atoms with Gasteiger partial charge < -0.3 is 5.32 Å². The summed E-state index contributed by atoms with van der Waals surface area (Å²) >= 11 is 0. The summed E-state index contributed by atoms with van der Waals surface area (Å²) in [7, 11) is 0. The Morgan fingerprint density at radius 3 is 2.00 bits per heavy atom. The maximum atomic E-state index is 13.4. The molecule has 0 atom stereocenters. The van der Waals surface area contributed by atoms with Crippen molar-refractivity contribution < 1.29 is 17.6 Å². The van der Waals surface area contributed by atoms with Gasteiger partial charge in [0.05, 0.1) is 0 Å². The van der Waals surface area contributed by atoms with Crippen molar-refractivity contribution in [3.63, 3.8) is 0 Å². The van der Waals surface area contributed by atoms with Gasteiger partial charge in [-0.2, -0.15) is 0 Å². The lowest BCUT2D eigenvalue weighted by Gasteiger charge is -2.39. The summed E-state index contributed by atoms with van der Waals surface area (Å²) in [5.41, 5.74) is -0.695. The summed E-state index contributed by atoms with van der Waals surface area (Å²) in [5, 5.41) is 2.55. The Labute approximate surface area is 103 Å². The largest absolute Gasteiger partial charge is 0.377 e. The normalized spacial score (nSPS) is 23.1. The van der Waals surface area contributed by atoms with E-state index in [1.807, 2.05) is 0 Å². The Morgan fingerprint density at radius 1 is 1.06 bits per heavy atom. The Bertz CT molecular complexity index is 427. The van der Waals surface area contributed by atoms with Crippen LogP contribution in [0.3, 0.4) is 0 Å². The van der Waals surface area contributed by atoms with E-state index < -0.39 is 29.0 Å². The SMILES string of the molecule is CC(C)C1CC(Nc2c(F)c(F)cc(F)c2F)C1. The first kappa shape index (κ1) is 13.2. The van der Waals surface area contributed by atoms with Gasteiger partial charge in [-0.15, -0.1) is 0 Å². The fourth-order valence-corrected chi connectivity index (χ4v) is 2.23. The van der Waals surface area contributed by atoms with Crippen molar-refractivity contribution in [2.45, 2.75) is 32.7 Å². The van der Waals surface area contributed by atoms with E-state index in [0.717, 1.165) is 12.8 Å². The Hall–Kier alpha value is -1.26. The van der Waals surface area contributed by atoms with Crippen LogP contribution in [0.2, 0.25) is 0 Å². The first-order valence-corrected chi connectivity index (χ1v) is 5.99. The molecular weight excluding hydrogens is 246 g/mol. The lowest BCUT2D eigenvalue weighted by atomic mass is 9.73. The summed E-state index contributed by atoms with van der Waals surface area (Å²) in [6.07, 6.45) is 1.52. The molecule has 2 rings (SSSR count). The van der Waals surface area contributed by atoms with Crippen LogP contribution in [-0.2, 0) is 0 Å². The zero-order valence-electron chi connectivity index (χ0n) is 10.2. The molecule has 0 amide bonds. The summed E-state index contributed by atoms with van der Waals surface area (Å²) in [5.74, 6) is -4.48. The third-order valence-electron chi connectivity index (χ3n) is 3.58. The van der Waals surface area contributed by atoms with Crippen molar-refractivity contribution >= 4 is 5.69 Å². The van der Waals surface area contributed by atoms with Crippen LogP contribution in [-0.4, -0.2) is 6.04 Å². The molecule has 18 heavy (non-hydrogen) atoms. The van der Waals surface area contributed by atoms with Gasteiger partial charge in [-0.05, 0) is 24.7 Å². The number of nitrogens with one attached hydrogen (secondary N) is 1. The Balaban J connectivity index is 2.11. The quantitative estimate of drug-likeness (QED) is 0.638. The van der Waals surface area contributed by atoms with E-state index in [0.29, 0.717) is 11.8 Å². The highest BCUT2D eigenvalue weighted by Gasteiger charge is 2.33. The zero-order valence-corrected chi connectivity index (χ0v) is 10.2. The standard InChI is InChI=1S/C13H15F4N/c1-6(2)7-3-8(4-7)18-13-11(16)9(14)5-10(15)12(13)17/h5-8,18H,3-4H2,1-2H3. The fourth-order valence-electron chi connectivity index (χ4n) is 2.23. The number of hydrogen-bond acceptors (Lipinski definition) is 1. The topological polar surface area (TPSA) is 12.0 Å². The zero-order chi connectivity index (χ0) is 13.4. The molecule has 1 aromatic carbocycles. The molecule has 0 heterocycles. The highest BCUT2D eigenvalue weighted by molar-refractivity contribution is 5.48. The monoisotopic (exact) mass is 261 g/mol. The molecule has 1 N–H and O–H groups in total. The van der Waals surface area contributed by atoms with Crippen LogP contribution in [0, 0.1) is 35.1 Å². The summed E-state index contributed by atoms with van der Waals surface area (Å²) < 4.78 is 52.7. The van der Waals surface area contributed by atoms with Gasteiger partial charge in [0.2, 0.25) is 0 Å². The van der Waals surface area contributed by atoms with Gasteiger partial charge in [-0.25, -0.2) is 17.6 Å². The van der Waals surface area contributed by atoms with Crippen LogP contribution in [0.15, 0.2) is 6.07 Å². The number of benzene rings is 1. The minimum absolute atomic E-state index is 0.123. The van der Waals surface area contributed by atoms with E-state index in [1.54, 1.807) is 0 Å². The smallest absolute Gasteiger partial charge is 0.185 e. The van der Waals surface area contributed by atoms with E-state index in [2.05, 4.69) is 19.2 Å². The molecule has 1 aromatic rings. The molecule has 1 nitrogen and oxygen atoms in total. The molecule has 100 valence electrons. The molecule has 0 unspecified atom stereocenters. The molecule has 0 spiro atoms. The van der Waals surface area contributed by atoms with E-state index >= 15 is 0 Å². The van der Waals surface area contributed by atoms with E-state index in [9.17, 15) is 17.6 Å². The molecule has 5 heteroatoms. The van der Waals surface area contributed by atoms with Gasteiger partial charge in [-0.1, -0.05) is 13.8 Å². The highest BCUT2D eigenvalue weighted by atomic mass is 19.2. The molecular formula is C13H15F4N.